The lowest BCUT2D eigenvalue weighted by Gasteiger charge is -2.05. The van der Waals surface area contributed by atoms with Crippen molar-refractivity contribution in [3.8, 4) is 0 Å². The zero-order chi connectivity index (χ0) is 15.5. The zero-order valence-corrected chi connectivity index (χ0v) is 13.0. The molecule has 1 aromatic carbocycles. The maximum atomic E-state index is 12.2. The van der Waals surface area contributed by atoms with Crippen molar-refractivity contribution >= 4 is 33.8 Å². The maximum absolute atomic E-state index is 12.2. The molecule has 0 aliphatic rings. The third-order valence-corrected chi connectivity index (χ3v) is 4.22. The number of aromatic nitrogens is 2. The highest BCUT2D eigenvalue weighted by Crippen LogP contribution is 2.09. The number of amides is 1. The molecule has 1 N–H and O–H groups in total. The molecular weight excluding hydrogens is 322 g/mol. The molecule has 0 fully saturated rings. The van der Waals surface area contributed by atoms with E-state index in [1.165, 1.54) is 21.9 Å². The number of rotatable bonds is 4. The fourth-order valence-electron chi connectivity index (χ4n) is 2.05. The zero-order valence-electron chi connectivity index (χ0n) is 11.5. The van der Waals surface area contributed by atoms with Crippen LogP contribution in [0.5, 0.6) is 0 Å². The Hall–Kier alpha value is -2.18. The molecule has 0 radical (unpaired) electrons. The molecule has 0 aliphatic carbocycles. The predicted octanol–water partition coefficient (Wildman–Crippen LogP) is 2.38. The third kappa shape index (κ3) is 3.03. The average molecular weight is 334 g/mol. The fourth-order valence-corrected chi connectivity index (χ4v) is 2.85. The van der Waals surface area contributed by atoms with Crippen molar-refractivity contribution < 1.29 is 4.79 Å². The van der Waals surface area contributed by atoms with Crippen LogP contribution in [0.15, 0.2) is 46.8 Å². The van der Waals surface area contributed by atoms with Gasteiger partial charge in [0.05, 0.1) is 0 Å². The van der Waals surface area contributed by atoms with Crippen LogP contribution in [0.2, 0.25) is 5.02 Å². The molecule has 1 amide bonds. The molecule has 0 unspecified atom stereocenters. The van der Waals surface area contributed by atoms with Gasteiger partial charge in [0.2, 0.25) is 0 Å². The van der Waals surface area contributed by atoms with Crippen molar-refractivity contribution in [1.82, 2.24) is 14.7 Å². The number of carbonyl (C=O) groups excluding carboxylic acids is 1. The molecule has 22 heavy (non-hydrogen) atoms. The normalized spacial score (nSPS) is 10.8. The van der Waals surface area contributed by atoms with Crippen LogP contribution in [0.1, 0.15) is 15.9 Å². The van der Waals surface area contributed by atoms with E-state index in [9.17, 15) is 9.59 Å². The van der Waals surface area contributed by atoms with E-state index in [2.05, 4.69) is 10.3 Å². The number of hydrogen-bond donors (Lipinski definition) is 1. The molecule has 7 heteroatoms. The Balaban J connectivity index is 1.67. The molecule has 3 rings (SSSR count). The summed E-state index contributed by atoms with van der Waals surface area (Å²) in [4.78, 5) is 28.9. The van der Waals surface area contributed by atoms with Gasteiger partial charge >= 0.3 is 0 Å². The number of benzene rings is 1. The molecular formula is C15H12ClN3O2S. The average Bonchev–Trinajstić information content (AvgIpc) is 2.99. The Morgan fingerprint density at radius 3 is 2.86 bits per heavy atom. The van der Waals surface area contributed by atoms with Crippen LogP contribution in [0, 0.1) is 0 Å². The summed E-state index contributed by atoms with van der Waals surface area (Å²) in [5, 5.41) is 5.17. The first-order valence-electron chi connectivity index (χ1n) is 6.62. The number of thiazole rings is 1. The molecule has 0 bridgehead atoms. The van der Waals surface area contributed by atoms with Gasteiger partial charge in [0.1, 0.15) is 5.56 Å². The fraction of sp³-hybridized carbons (Fsp3) is 0.133. The Bertz CT molecular complexity index is 870. The van der Waals surface area contributed by atoms with Gasteiger partial charge in [0, 0.05) is 29.3 Å². The van der Waals surface area contributed by atoms with Gasteiger partial charge in [0.15, 0.2) is 4.96 Å². The van der Waals surface area contributed by atoms with E-state index in [1.807, 2.05) is 12.1 Å². The Morgan fingerprint density at radius 1 is 1.32 bits per heavy atom. The molecule has 5 nitrogen and oxygen atoms in total. The molecule has 0 saturated carbocycles. The first-order chi connectivity index (χ1) is 10.6. The molecule has 0 saturated heterocycles. The number of carbonyl (C=O) groups is 1. The molecule has 3 aromatic rings. The van der Waals surface area contributed by atoms with E-state index in [4.69, 9.17) is 11.6 Å². The van der Waals surface area contributed by atoms with Crippen molar-refractivity contribution in [3.05, 3.63) is 68.5 Å². The topological polar surface area (TPSA) is 63.5 Å². The number of fused-ring (bicyclic) bond motifs is 1. The largest absolute Gasteiger partial charge is 0.351 e. The number of halogens is 1. The minimum atomic E-state index is -0.410. The second kappa shape index (κ2) is 6.29. The van der Waals surface area contributed by atoms with Gasteiger partial charge in [0.25, 0.3) is 11.5 Å². The summed E-state index contributed by atoms with van der Waals surface area (Å²) < 4.78 is 1.37. The lowest BCUT2D eigenvalue weighted by Crippen LogP contribution is -2.32. The highest BCUT2D eigenvalue weighted by atomic mass is 35.5. The Kier molecular flexibility index (Phi) is 4.22. The monoisotopic (exact) mass is 333 g/mol. The van der Waals surface area contributed by atoms with Crippen molar-refractivity contribution in [2.24, 2.45) is 0 Å². The molecule has 0 spiro atoms. The predicted molar refractivity (Wildman–Crippen MR) is 86.8 cm³/mol. The second-order valence-electron chi connectivity index (χ2n) is 4.66. The summed E-state index contributed by atoms with van der Waals surface area (Å²) in [5.74, 6) is -0.410. The summed E-state index contributed by atoms with van der Waals surface area (Å²) in [6, 6.07) is 7.42. The van der Waals surface area contributed by atoms with E-state index in [-0.39, 0.29) is 11.1 Å². The number of hydrogen-bond acceptors (Lipinski definition) is 4. The van der Waals surface area contributed by atoms with E-state index < -0.39 is 5.91 Å². The van der Waals surface area contributed by atoms with Gasteiger partial charge in [-0.3, -0.25) is 14.0 Å². The van der Waals surface area contributed by atoms with Crippen molar-refractivity contribution in [2.75, 3.05) is 6.54 Å². The summed E-state index contributed by atoms with van der Waals surface area (Å²) in [6.07, 6.45) is 3.60. The lowest BCUT2D eigenvalue weighted by atomic mass is 10.1. The molecule has 0 atom stereocenters. The standard InChI is InChI=1S/C15H12ClN3O2S/c16-11-3-1-10(2-4-11)5-6-17-13(20)12-9-18-15-19(14(12)21)7-8-22-15/h1-4,7-9H,5-6H2,(H,17,20). The first kappa shape index (κ1) is 14.7. The van der Waals surface area contributed by atoms with Gasteiger partial charge in [-0.15, -0.1) is 11.3 Å². The first-order valence-corrected chi connectivity index (χ1v) is 7.88. The van der Waals surface area contributed by atoms with Crippen LogP contribution in [-0.2, 0) is 6.42 Å². The molecule has 2 heterocycles. The van der Waals surface area contributed by atoms with Crippen LogP contribution < -0.4 is 10.9 Å². The molecule has 2 aromatic heterocycles. The summed E-state index contributed by atoms with van der Waals surface area (Å²) >= 11 is 7.17. The SMILES string of the molecule is O=C(NCCc1ccc(Cl)cc1)c1cnc2sccn2c1=O. The van der Waals surface area contributed by atoms with Crippen LogP contribution in [0.25, 0.3) is 4.96 Å². The molecule has 112 valence electrons. The van der Waals surface area contributed by atoms with E-state index in [0.717, 1.165) is 5.56 Å². The van der Waals surface area contributed by atoms with Gasteiger partial charge in [-0.2, -0.15) is 0 Å². The maximum Gasteiger partial charge on any atom is 0.271 e. The lowest BCUT2D eigenvalue weighted by molar-refractivity contribution is 0.0952. The Morgan fingerprint density at radius 2 is 2.09 bits per heavy atom. The highest BCUT2D eigenvalue weighted by Gasteiger charge is 2.13. The van der Waals surface area contributed by atoms with Crippen LogP contribution >= 0.6 is 22.9 Å². The minimum Gasteiger partial charge on any atom is -0.351 e. The number of nitrogens with one attached hydrogen (secondary N) is 1. The van der Waals surface area contributed by atoms with Gasteiger partial charge in [-0.1, -0.05) is 23.7 Å². The summed E-state index contributed by atoms with van der Waals surface area (Å²) in [6.45, 7) is 0.437. The summed E-state index contributed by atoms with van der Waals surface area (Å²) in [7, 11) is 0. The Labute approximate surface area is 135 Å². The highest BCUT2D eigenvalue weighted by molar-refractivity contribution is 7.15. The van der Waals surface area contributed by atoms with Crippen molar-refractivity contribution in [3.63, 3.8) is 0 Å². The van der Waals surface area contributed by atoms with Gasteiger partial charge in [-0.25, -0.2) is 4.98 Å². The second-order valence-corrected chi connectivity index (χ2v) is 5.97. The van der Waals surface area contributed by atoms with Gasteiger partial charge in [-0.05, 0) is 24.1 Å². The third-order valence-electron chi connectivity index (χ3n) is 3.20. The van der Waals surface area contributed by atoms with Gasteiger partial charge < -0.3 is 5.32 Å². The van der Waals surface area contributed by atoms with E-state index >= 15 is 0 Å². The van der Waals surface area contributed by atoms with Crippen LogP contribution in [0.4, 0.5) is 0 Å². The minimum absolute atomic E-state index is 0.0482. The number of nitrogens with zero attached hydrogens (tertiary/aromatic N) is 2. The van der Waals surface area contributed by atoms with E-state index in [1.54, 1.807) is 23.7 Å². The summed E-state index contributed by atoms with van der Waals surface area (Å²) in [5.41, 5.74) is 0.759. The smallest absolute Gasteiger partial charge is 0.271 e. The van der Waals surface area contributed by atoms with E-state index in [0.29, 0.717) is 22.9 Å². The van der Waals surface area contributed by atoms with Crippen molar-refractivity contribution in [2.45, 2.75) is 6.42 Å². The van der Waals surface area contributed by atoms with Crippen LogP contribution in [0.3, 0.4) is 0 Å². The van der Waals surface area contributed by atoms with Crippen molar-refractivity contribution in [1.29, 1.82) is 0 Å². The van der Waals surface area contributed by atoms with Crippen LogP contribution in [-0.4, -0.2) is 21.8 Å². The quantitative estimate of drug-likeness (QED) is 0.797. The molecule has 0 aliphatic heterocycles.